The number of β-amino-alcohol motifs (C(OH)–C–C–N with tert-alkyl or cyclic N) is 1. The number of nitrogens with one attached hydrogen (secondary N) is 1. The number of nitrogens with zero attached hydrogens (tertiary/aromatic N) is 2. The van der Waals surface area contributed by atoms with Crippen molar-refractivity contribution >= 4 is 5.91 Å². The van der Waals surface area contributed by atoms with E-state index in [1.54, 1.807) is 18.7 Å². The number of aryl methyl sites for hydroxylation is 1. The van der Waals surface area contributed by atoms with Crippen LogP contribution in [0.4, 0.5) is 0 Å². The quantitative estimate of drug-likeness (QED) is 0.829. The van der Waals surface area contributed by atoms with Crippen LogP contribution in [0.2, 0.25) is 0 Å². The van der Waals surface area contributed by atoms with Gasteiger partial charge in [0, 0.05) is 24.7 Å². The van der Waals surface area contributed by atoms with Crippen molar-refractivity contribution in [3.05, 3.63) is 32.6 Å². The van der Waals surface area contributed by atoms with Gasteiger partial charge in [0.05, 0.1) is 12.6 Å². The summed E-state index contributed by atoms with van der Waals surface area (Å²) in [5, 5.41) is 10.8. The number of H-pyrrole nitrogens is 1. The van der Waals surface area contributed by atoms with Crippen LogP contribution in [0.3, 0.4) is 0 Å². The molecule has 126 valence electrons. The predicted molar refractivity (Wildman–Crippen MR) is 84.3 cm³/mol. The van der Waals surface area contributed by atoms with Crippen LogP contribution in [0.25, 0.3) is 0 Å². The molecular formula is C16H23N3O4. The lowest BCUT2D eigenvalue weighted by Gasteiger charge is -2.43. The average molecular weight is 321 g/mol. The molecule has 0 aromatic carbocycles. The Balaban J connectivity index is 1.80. The number of likely N-dealkylation sites (tertiary alicyclic amines) is 1. The zero-order valence-electron chi connectivity index (χ0n) is 13.5. The molecule has 1 saturated heterocycles. The minimum absolute atomic E-state index is 0.0798. The highest BCUT2D eigenvalue weighted by Crippen LogP contribution is 2.35. The highest BCUT2D eigenvalue weighted by Gasteiger charge is 2.41. The van der Waals surface area contributed by atoms with Gasteiger partial charge in [0.25, 0.3) is 5.56 Å². The minimum Gasteiger partial charge on any atom is -0.386 e. The number of hydrogen-bond donors (Lipinski definition) is 2. The molecule has 2 aliphatic rings. The normalized spacial score (nSPS) is 28.0. The maximum Gasteiger partial charge on any atom is 0.328 e. The summed E-state index contributed by atoms with van der Waals surface area (Å²) in [7, 11) is 0. The number of hydrogen-bond acceptors (Lipinski definition) is 4. The number of carbonyl (C=O) groups excluding carboxylic acids is 1. The molecular weight excluding hydrogens is 298 g/mol. The molecule has 0 bridgehead atoms. The SMILES string of the molecule is Cc1cn([C@H]2CCN(C(=O)CC3CC3)C[C@]2(C)O)c(=O)[nH]c1=O. The van der Waals surface area contributed by atoms with Gasteiger partial charge in [0.2, 0.25) is 5.91 Å². The molecule has 23 heavy (non-hydrogen) atoms. The van der Waals surface area contributed by atoms with E-state index in [0.717, 1.165) is 12.8 Å². The van der Waals surface area contributed by atoms with Crippen LogP contribution in [0.15, 0.2) is 15.8 Å². The zero-order chi connectivity index (χ0) is 16.8. The van der Waals surface area contributed by atoms with E-state index in [-0.39, 0.29) is 12.5 Å². The van der Waals surface area contributed by atoms with Crippen LogP contribution in [0, 0.1) is 12.8 Å². The first kappa shape index (κ1) is 16.0. The Hall–Kier alpha value is -1.89. The van der Waals surface area contributed by atoms with Crippen LogP contribution in [0.1, 0.15) is 44.2 Å². The van der Waals surface area contributed by atoms with Crippen molar-refractivity contribution in [2.75, 3.05) is 13.1 Å². The van der Waals surface area contributed by atoms with Gasteiger partial charge in [-0.25, -0.2) is 4.79 Å². The first-order valence-electron chi connectivity index (χ1n) is 8.10. The molecule has 2 atom stereocenters. The molecule has 1 aliphatic carbocycles. The average Bonchev–Trinajstić information content (AvgIpc) is 3.26. The molecule has 1 aromatic heterocycles. The summed E-state index contributed by atoms with van der Waals surface area (Å²) in [5.74, 6) is 0.589. The largest absolute Gasteiger partial charge is 0.386 e. The standard InChI is InChI=1S/C16H23N3O4/c1-10-8-19(15(22)17-14(10)21)12-5-6-18(9-16(12,2)23)13(20)7-11-3-4-11/h8,11-12,23H,3-7,9H2,1-2H3,(H,17,21,22)/t12-,16-/m0/s1. The van der Waals surface area contributed by atoms with E-state index < -0.39 is 22.9 Å². The van der Waals surface area contributed by atoms with Crippen molar-refractivity contribution in [3.63, 3.8) is 0 Å². The Morgan fingerprint density at radius 1 is 1.39 bits per heavy atom. The molecule has 3 rings (SSSR count). The molecule has 0 radical (unpaired) electrons. The Morgan fingerprint density at radius 3 is 2.70 bits per heavy atom. The molecule has 1 saturated carbocycles. The van der Waals surface area contributed by atoms with Gasteiger partial charge in [-0.1, -0.05) is 0 Å². The Kier molecular flexibility index (Phi) is 3.91. The lowest BCUT2D eigenvalue weighted by Crippen LogP contribution is -2.56. The number of aromatic nitrogens is 2. The van der Waals surface area contributed by atoms with Crippen LogP contribution >= 0.6 is 0 Å². The van der Waals surface area contributed by atoms with E-state index in [9.17, 15) is 19.5 Å². The molecule has 0 unspecified atom stereocenters. The summed E-state index contributed by atoms with van der Waals surface area (Å²) >= 11 is 0. The second kappa shape index (κ2) is 5.63. The minimum atomic E-state index is -1.22. The van der Waals surface area contributed by atoms with Crippen molar-refractivity contribution in [3.8, 4) is 0 Å². The Labute approximate surface area is 133 Å². The number of amides is 1. The number of rotatable bonds is 3. The summed E-state index contributed by atoms with van der Waals surface area (Å²) < 4.78 is 1.39. The number of carbonyl (C=O) groups is 1. The van der Waals surface area contributed by atoms with Gasteiger partial charge in [0.15, 0.2) is 0 Å². The van der Waals surface area contributed by atoms with E-state index in [4.69, 9.17) is 0 Å². The number of aliphatic hydroxyl groups is 1. The van der Waals surface area contributed by atoms with E-state index in [2.05, 4.69) is 4.98 Å². The second-order valence-electron chi connectivity index (χ2n) is 7.10. The Bertz CT molecular complexity index is 730. The van der Waals surface area contributed by atoms with Crippen LogP contribution in [-0.4, -0.2) is 44.2 Å². The third-order valence-corrected chi connectivity index (χ3v) is 4.90. The molecule has 2 fully saturated rings. The van der Waals surface area contributed by atoms with Gasteiger partial charge >= 0.3 is 5.69 Å². The van der Waals surface area contributed by atoms with Crippen molar-refractivity contribution in [2.24, 2.45) is 5.92 Å². The van der Waals surface area contributed by atoms with Gasteiger partial charge < -0.3 is 10.0 Å². The van der Waals surface area contributed by atoms with Crippen molar-refractivity contribution < 1.29 is 9.90 Å². The lowest BCUT2D eigenvalue weighted by molar-refractivity contribution is -0.141. The van der Waals surface area contributed by atoms with Gasteiger partial charge in [-0.2, -0.15) is 0 Å². The molecule has 1 aliphatic heterocycles. The van der Waals surface area contributed by atoms with Gasteiger partial charge in [-0.3, -0.25) is 19.1 Å². The highest BCUT2D eigenvalue weighted by molar-refractivity contribution is 5.77. The van der Waals surface area contributed by atoms with Crippen molar-refractivity contribution in [1.29, 1.82) is 0 Å². The molecule has 7 nitrogen and oxygen atoms in total. The van der Waals surface area contributed by atoms with E-state index in [1.165, 1.54) is 10.8 Å². The summed E-state index contributed by atoms with van der Waals surface area (Å²) in [6.45, 7) is 3.98. The topological polar surface area (TPSA) is 95.4 Å². The second-order valence-corrected chi connectivity index (χ2v) is 7.10. The summed E-state index contributed by atoms with van der Waals surface area (Å²) in [5.41, 5.74) is -1.73. The van der Waals surface area contributed by atoms with E-state index in [0.29, 0.717) is 30.9 Å². The molecule has 0 spiro atoms. The molecule has 2 heterocycles. The molecule has 2 N–H and O–H groups in total. The maximum atomic E-state index is 12.2. The lowest BCUT2D eigenvalue weighted by atomic mass is 9.88. The van der Waals surface area contributed by atoms with Gasteiger partial charge in [-0.15, -0.1) is 0 Å². The molecule has 1 aromatic rings. The first-order chi connectivity index (χ1) is 10.8. The van der Waals surface area contributed by atoms with Crippen LogP contribution < -0.4 is 11.2 Å². The number of piperidine rings is 1. The Morgan fingerprint density at radius 2 is 2.09 bits per heavy atom. The van der Waals surface area contributed by atoms with E-state index >= 15 is 0 Å². The third-order valence-electron chi connectivity index (χ3n) is 4.90. The van der Waals surface area contributed by atoms with E-state index in [1.807, 2.05) is 0 Å². The zero-order valence-corrected chi connectivity index (χ0v) is 13.5. The predicted octanol–water partition coefficient (Wildman–Crippen LogP) is 0.170. The van der Waals surface area contributed by atoms with Crippen molar-refractivity contribution in [1.82, 2.24) is 14.5 Å². The molecule has 1 amide bonds. The summed E-state index contributed by atoms with van der Waals surface area (Å²) in [6, 6.07) is -0.462. The maximum absolute atomic E-state index is 12.2. The van der Waals surface area contributed by atoms with Crippen molar-refractivity contribution in [2.45, 2.75) is 51.2 Å². The van der Waals surface area contributed by atoms with Crippen LogP contribution in [0.5, 0.6) is 0 Å². The van der Waals surface area contributed by atoms with Gasteiger partial charge in [0.1, 0.15) is 5.60 Å². The van der Waals surface area contributed by atoms with Crippen LogP contribution in [-0.2, 0) is 4.79 Å². The fraction of sp³-hybridized carbons (Fsp3) is 0.688. The molecule has 7 heteroatoms. The number of aromatic amines is 1. The summed E-state index contributed by atoms with van der Waals surface area (Å²) in [4.78, 5) is 39.8. The third kappa shape index (κ3) is 3.24. The summed E-state index contributed by atoms with van der Waals surface area (Å²) in [6.07, 6.45) is 4.75. The fourth-order valence-corrected chi connectivity index (χ4v) is 3.33. The highest BCUT2D eigenvalue weighted by atomic mass is 16.3. The first-order valence-corrected chi connectivity index (χ1v) is 8.10. The fourth-order valence-electron chi connectivity index (χ4n) is 3.33. The monoisotopic (exact) mass is 321 g/mol. The van der Waals surface area contributed by atoms with Gasteiger partial charge in [-0.05, 0) is 39.0 Å². The smallest absolute Gasteiger partial charge is 0.328 e.